The molecule has 1 heterocycles. The Hall–Kier alpha value is -1.05. The molecule has 1 aromatic carbocycles. The van der Waals surface area contributed by atoms with Gasteiger partial charge in [-0.05, 0) is 24.3 Å². The Kier molecular flexibility index (Phi) is 3.65. The first-order valence-electron chi connectivity index (χ1n) is 4.85. The van der Waals surface area contributed by atoms with Crippen LogP contribution in [-0.4, -0.2) is 18.0 Å². The normalized spacial score (nSPS) is 11.5. The van der Waals surface area contributed by atoms with Gasteiger partial charge in [0, 0.05) is 17.2 Å². The number of aryl methyl sites for hydroxylation is 1. The molecule has 0 bridgehead atoms. The molecule has 0 aliphatic carbocycles. The van der Waals surface area contributed by atoms with E-state index in [0.29, 0.717) is 5.69 Å². The number of halogens is 2. The second-order valence-electron chi connectivity index (χ2n) is 3.56. The van der Waals surface area contributed by atoms with Crippen molar-refractivity contribution < 1.29 is 8.42 Å². The number of benzene rings is 1. The fourth-order valence-corrected chi connectivity index (χ4v) is 3.05. The van der Waals surface area contributed by atoms with Crippen LogP contribution < -0.4 is 4.72 Å². The van der Waals surface area contributed by atoms with Gasteiger partial charge in [-0.2, -0.15) is 8.42 Å². The van der Waals surface area contributed by atoms with Crippen molar-refractivity contribution in [3.8, 4) is 0 Å². The third-order valence-electron chi connectivity index (χ3n) is 2.19. The van der Waals surface area contributed by atoms with E-state index in [1.165, 1.54) is 10.9 Å². The number of nitrogens with zero attached hydrogens (tertiary/aromatic N) is 2. The summed E-state index contributed by atoms with van der Waals surface area (Å²) < 4.78 is 28.8. The number of rotatable bonds is 3. The lowest BCUT2D eigenvalue weighted by atomic mass is 10.3. The van der Waals surface area contributed by atoms with Crippen LogP contribution in [0.2, 0.25) is 5.15 Å². The van der Waals surface area contributed by atoms with Crippen LogP contribution in [0.4, 0.5) is 5.69 Å². The van der Waals surface area contributed by atoms with Crippen molar-refractivity contribution in [1.82, 2.24) is 9.55 Å². The van der Waals surface area contributed by atoms with Gasteiger partial charge in [-0.3, -0.25) is 4.72 Å². The van der Waals surface area contributed by atoms with E-state index in [2.05, 4.69) is 25.6 Å². The number of aromatic nitrogens is 2. The van der Waals surface area contributed by atoms with Crippen molar-refractivity contribution in [1.29, 1.82) is 0 Å². The summed E-state index contributed by atoms with van der Waals surface area (Å²) in [5.74, 6) is 0. The highest BCUT2D eigenvalue weighted by Crippen LogP contribution is 2.22. The number of hydrogen-bond acceptors (Lipinski definition) is 3. The smallest absolute Gasteiger partial charge is 0.282 e. The Morgan fingerprint density at radius 3 is 2.44 bits per heavy atom. The molecule has 0 fully saturated rings. The van der Waals surface area contributed by atoms with E-state index in [-0.39, 0.29) is 10.2 Å². The Morgan fingerprint density at radius 1 is 1.33 bits per heavy atom. The first kappa shape index (κ1) is 13.4. The molecule has 0 atom stereocenters. The minimum atomic E-state index is -3.77. The van der Waals surface area contributed by atoms with E-state index in [4.69, 9.17) is 11.6 Å². The van der Waals surface area contributed by atoms with Gasteiger partial charge in [-0.1, -0.05) is 27.5 Å². The molecular weight excluding hydrogens is 342 g/mol. The van der Waals surface area contributed by atoms with Crippen molar-refractivity contribution >= 4 is 43.2 Å². The molecule has 5 nitrogen and oxygen atoms in total. The lowest BCUT2D eigenvalue weighted by Crippen LogP contribution is -2.14. The van der Waals surface area contributed by atoms with Gasteiger partial charge in [0.15, 0.2) is 0 Å². The van der Waals surface area contributed by atoms with Crippen molar-refractivity contribution in [2.24, 2.45) is 7.05 Å². The molecule has 0 radical (unpaired) electrons. The summed E-state index contributed by atoms with van der Waals surface area (Å²) in [4.78, 5) is 3.77. The Labute approximate surface area is 118 Å². The summed E-state index contributed by atoms with van der Waals surface area (Å²) in [6, 6.07) is 6.74. The van der Waals surface area contributed by atoms with Gasteiger partial charge in [-0.25, -0.2) is 4.98 Å². The molecule has 0 saturated carbocycles. The molecule has 96 valence electrons. The number of anilines is 1. The van der Waals surface area contributed by atoms with Crippen molar-refractivity contribution in [3.05, 3.63) is 40.2 Å². The van der Waals surface area contributed by atoms with Crippen LogP contribution in [0, 0.1) is 0 Å². The van der Waals surface area contributed by atoms with Gasteiger partial charge in [0.1, 0.15) is 5.15 Å². The van der Waals surface area contributed by atoms with Gasteiger partial charge >= 0.3 is 0 Å². The summed E-state index contributed by atoms with van der Waals surface area (Å²) in [7, 11) is -2.15. The van der Waals surface area contributed by atoms with E-state index in [9.17, 15) is 8.42 Å². The van der Waals surface area contributed by atoms with Crippen LogP contribution in [0.3, 0.4) is 0 Å². The molecule has 1 N–H and O–H groups in total. The predicted octanol–water partition coefficient (Wildman–Crippen LogP) is 2.64. The van der Waals surface area contributed by atoms with Crippen LogP contribution in [0.15, 0.2) is 40.1 Å². The molecule has 1 aromatic heterocycles. The van der Waals surface area contributed by atoms with E-state index >= 15 is 0 Å². The molecule has 0 spiro atoms. The Bertz CT molecular complexity index is 667. The maximum absolute atomic E-state index is 12.0. The van der Waals surface area contributed by atoms with Crippen LogP contribution >= 0.6 is 27.5 Å². The summed E-state index contributed by atoms with van der Waals surface area (Å²) in [5, 5.41) is -0.116. The zero-order chi connectivity index (χ0) is 13.3. The maximum atomic E-state index is 12.0. The molecular formula is C10H9BrClN3O2S. The molecule has 0 aliphatic rings. The quantitative estimate of drug-likeness (QED) is 0.925. The average molecular weight is 351 g/mol. The molecule has 0 saturated heterocycles. The molecule has 8 heteroatoms. The first-order valence-corrected chi connectivity index (χ1v) is 7.51. The standard InChI is InChI=1S/C10H9BrClN3O2S/c1-15-6-13-10(9(15)12)18(16,17)14-8-4-2-7(11)3-5-8/h2-6,14H,1H3. The summed E-state index contributed by atoms with van der Waals surface area (Å²) >= 11 is 9.13. The largest absolute Gasteiger partial charge is 0.324 e. The predicted molar refractivity (Wildman–Crippen MR) is 73.2 cm³/mol. The minimum Gasteiger partial charge on any atom is -0.324 e. The van der Waals surface area contributed by atoms with Gasteiger partial charge in [0.25, 0.3) is 10.0 Å². The highest BCUT2D eigenvalue weighted by Gasteiger charge is 2.22. The monoisotopic (exact) mass is 349 g/mol. The minimum absolute atomic E-state index is 0.0691. The van der Waals surface area contributed by atoms with Gasteiger partial charge < -0.3 is 4.57 Å². The fraction of sp³-hybridized carbons (Fsp3) is 0.100. The Balaban J connectivity index is 2.33. The summed E-state index contributed by atoms with van der Waals surface area (Å²) in [5.41, 5.74) is 0.444. The topological polar surface area (TPSA) is 64.0 Å². The van der Waals surface area contributed by atoms with E-state index in [1.807, 2.05) is 0 Å². The molecule has 0 aliphatic heterocycles. The van der Waals surface area contributed by atoms with Crippen molar-refractivity contribution in [3.63, 3.8) is 0 Å². The van der Waals surface area contributed by atoms with Crippen LogP contribution in [0.25, 0.3) is 0 Å². The first-order chi connectivity index (χ1) is 8.40. The summed E-state index contributed by atoms with van der Waals surface area (Å²) in [6.07, 6.45) is 1.35. The highest BCUT2D eigenvalue weighted by molar-refractivity contribution is 9.10. The van der Waals surface area contributed by atoms with Crippen molar-refractivity contribution in [2.75, 3.05) is 4.72 Å². The molecule has 0 unspecified atom stereocenters. The summed E-state index contributed by atoms with van der Waals surface area (Å²) in [6.45, 7) is 0. The number of imidazole rings is 1. The number of sulfonamides is 1. The maximum Gasteiger partial charge on any atom is 0.282 e. The van der Waals surface area contributed by atoms with Crippen LogP contribution in [0.5, 0.6) is 0 Å². The second-order valence-corrected chi connectivity index (χ2v) is 6.44. The van der Waals surface area contributed by atoms with E-state index in [0.717, 1.165) is 4.47 Å². The van der Waals surface area contributed by atoms with E-state index in [1.54, 1.807) is 31.3 Å². The zero-order valence-corrected chi connectivity index (χ0v) is 12.4. The van der Waals surface area contributed by atoms with Gasteiger partial charge in [0.2, 0.25) is 5.03 Å². The molecule has 0 amide bonds. The average Bonchev–Trinajstić information content (AvgIpc) is 2.63. The van der Waals surface area contributed by atoms with E-state index < -0.39 is 10.0 Å². The third kappa shape index (κ3) is 2.68. The van der Waals surface area contributed by atoms with Crippen LogP contribution in [-0.2, 0) is 17.1 Å². The zero-order valence-electron chi connectivity index (χ0n) is 9.26. The van der Waals surface area contributed by atoms with Crippen LogP contribution in [0.1, 0.15) is 0 Å². The lowest BCUT2D eigenvalue weighted by molar-refractivity contribution is 0.598. The third-order valence-corrected chi connectivity index (χ3v) is 4.58. The number of hydrogen-bond donors (Lipinski definition) is 1. The number of nitrogens with one attached hydrogen (secondary N) is 1. The van der Waals surface area contributed by atoms with Gasteiger partial charge in [0.05, 0.1) is 6.33 Å². The Morgan fingerprint density at radius 2 is 1.94 bits per heavy atom. The lowest BCUT2D eigenvalue weighted by Gasteiger charge is -2.06. The molecule has 2 rings (SSSR count). The fourth-order valence-electron chi connectivity index (χ4n) is 1.30. The second kappa shape index (κ2) is 4.91. The molecule has 2 aromatic rings. The van der Waals surface area contributed by atoms with Gasteiger partial charge in [-0.15, -0.1) is 0 Å². The SMILES string of the molecule is Cn1cnc(S(=O)(=O)Nc2ccc(Br)cc2)c1Cl. The molecule has 18 heavy (non-hydrogen) atoms. The highest BCUT2D eigenvalue weighted by atomic mass is 79.9. The van der Waals surface area contributed by atoms with Crippen molar-refractivity contribution in [2.45, 2.75) is 5.03 Å².